The Kier molecular flexibility index (Phi) is 5.94. The van der Waals surface area contributed by atoms with Crippen LogP contribution >= 0.6 is 11.3 Å². The van der Waals surface area contributed by atoms with Crippen LogP contribution in [0.15, 0.2) is 24.3 Å². The third kappa shape index (κ3) is 4.16. The van der Waals surface area contributed by atoms with Crippen LogP contribution in [0.2, 0.25) is 0 Å². The average Bonchev–Trinajstić information content (AvgIpc) is 2.82. The summed E-state index contributed by atoms with van der Waals surface area (Å²) in [6.07, 6.45) is 1.84. The van der Waals surface area contributed by atoms with Crippen molar-refractivity contribution < 1.29 is 13.2 Å². The standard InChI is InChI=1S/C24H30N3O3S2/c1-3-17-13-19(26-5-9-30-10-6-26)15-21-23(17)25-24-18(4-2)14-20(16-22(24)31-21)27-7-11-32(28,29)12-8-27/h13-16H,3-12H2,1-2H3/q+1. The largest absolute Gasteiger partial charge is 0.369 e. The van der Waals surface area contributed by atoms with Gasteiger partial charge in [0.05, 0.1) is 32.3 Å². The fraction of sp³-hybridized carbons (Fsp3) is 0.500. The predicted molar refractivity (Wildman–Crippen MR) is 132 cm³/mol. The van der Waals surface area contributed by atoms with Gasteiger partial charge < -0.3 is 9.64 Å². The van der Waals surface area contributed by atoms with Crippen LogP contribution in [0, 0.1) is 0 Å². The zero-order valence-electron chi connectivity index (χ0n) is 18.8. The molecule has 170 valence electrons. The van der Waals surface area contributed by atoms with Crippen LogP contribution in [0.4, 0.5) is 5.69 Å². The van der Waals surface area contributed by atoms with E-state index in [9.17, 15) is 8.42 Å². The maximum absolute atomic E-state index is 11.9. The van der Waals surface area contributed by atoms with Crippen LogP contribution in [0.3, 0.4) is 0 Å². The number of anilines is 1. The summed E-state index contributed by atoms with van der Waals surface area (Å²) in [5, 5.41) is 1.25. The van der Waals surface area contributed by atoms with E-state index < -0.39 is 9.84 Å². The number of morpholine rings is 1. The number of ether oxygens (including phenoxy) is 1. The lowest BCUT2D eigenvalue weighted by atomic mass is 10.1. The van der Waals surface area contributed by atoms with Crippen molar-refractivity contribution >= 4 is 37.1 Å². The molecule has 6 nitrogen and oxygen atoms in total. The Morgan fingerprint density at radius 1 is 1.03 bits per heavy atom. The Balaban J connectivity index is 1.67. The number of aromatic nitrogens is 1. The van der Waals surface area contributed by atoms with Crippen molar-refractivity contribution in [2.45, 2.75) is 26.7 Å². The predicted octanol–water partition coefficient (Wildman–Crippen LogP) is 2.56. The summed E-state index contributed by atoms with van der Waals surface area (Å²) in [4.78, 5) is 8.58. The van der Waals surface area contributed by atoms with Gasteiger partial charge in [0.25, 0.3) is 0 Å². The molecule has 0 unspecified atom stereocenters. The highest BCUT2D eigenvalue weighted by atomic mass is 32.2. The Morgan fingerprint density at radius 3 is 2.44 bits per heavy atom. The van der Waals surface area contributed by atoms with Gasteiger partial charge in [-0.2, -0.15) is 0 Å². The molecule has 0 radical (unpaired) electrons. The number of aryl methyl sites for hydroxylation is 2. The van der Waals surface area contributed by atoms with Crippen molar-refractivity contribution in [2.75, 3.05) is 55.8 Å². The van der Waals surface area contributed by atoms with Gasteiger partial charge in [-0.05, 0) is 36.1 Å². The first-order valence-electron chi connectivity index (χ1n) is 11.5. The van der Waals surface area contributed by atoms with Crippen molar-refractivity contribution in [1.29, 1.82) is 0 Å². The van der Waals surface area contributed by atoms with Gasteiger partial charge in [0.1, 0.15) is 13.2 Å². The zero-order valence-corrected chi connectivity index (χ0v) is 20.4. The first kappa shape index (κ1) is 21.8. The van der Waals surface area contributed by atoms with Gasteiger partial charge in [-0.25, -0.2) is 18.0 Å². The molecule has 5 rings (SSSR count). The number of fused-ring (bicyclic) bond motifs is 2. The summed E-state index contributed by atoms with van der Waals surface area (Å²) >= 11 is 1.80. The fourth-order valence-electron chi connectivity index (χ4n) is 4.63. The number of nitrogens with zero attached hydrogens (tertiary/aromatic N) is 3. The lowest BCUT2D eigenvalue weighted by Crippen LogP contribution is -2.40. The van der Waals surface area contributed by atoms with Gasteiger partial charge in [0, 0.05) is 30.9 Å². The molecule has 0 atom stereocenters. The second-order valence-electron chi connectivity index (χ2n) is 8.56. The molecule has 8 heteroatoms. The second-order valence-corrected chi connectivity index (χ2v) is 11.9. The van der Waals surface area contributed by atoms with E-state index in [-0.39, 0.29) is 11.5 Å². The van der Waals surface area contributed by atoms with Crippen LogP contribution in [-0.2, 0) is 27.4 Å². The van der Waals surface area contributed by atoms with Crippen molar-refractivity contribution in [3.8, 4) is 10.6 Å². The number of rotatable bonds is 3. The van der Waals surface area contributed by atoms with E-state index in [0.29, 0.717) is 13.1 Å². The third-order valence-electron chi connectivity index (χ3n) is 6.57. The van der Waals surface area contributed by atoms with Gasteiger partial charge in [-0.3, -0.25) is 0 Å². The second kappa shape index (κ2) is 8.72. The van der Waals surface area contributed by atoms with Crippen molar-refractivity contribution in [3.05, 3.63) is 40.7 Å². The smallest absolute Gasteiger partial charge is 0.201 e. The molecular weight excluding hydrogens is 442 g/mol. The SMILES string of the molecule is CCc1cc(=[N+]2CCOCC2)cc2sc3cc(N4CCS(=O)(=O)CC4)cc(CC)c3nc1-2. The zero-order chi connectivity index (χ0) is 22.3. The Bertz CT molecular complexity index is 1290. The summed E-state index contributed by atoms with van der Waals surface area (Å²) in [7, 11) is -2.90. The molecule has 2 saturated heterocycles. The van der Waals surface area contributed by atoms with Crippen LogP contribution in [0.25, 0.3) is 20.8 Å². The summed E-state index contributed by atoms with van der Waals surface area (Å²) in [5.74, 6) is 0.462. The summed E-state index contributed by atoms with van der Waals surface area (Å²) in [6.45, 7) is 8.86. The number of sulfone groups is 1. The van der Waals surface area contributed by atoms with E-state index in [2.05, 4.69) is 47.6 Å². The minimum Gasteiger partial charge on any atom is -0.369 e. The quantitative estimate of drug-likeness (QED) is 0.433. The van der Waals surface area contributed by atoms with E-state index in [1.54, 1.807) is 11.3 Å². The van der Waals surface area contributed by atoms with Crippen LogP contribution in [-0.4, -0.2) is 64.3 Å². The Labute approximate surface area is 193 Å². The van der Waals surface area contributed by atoms with Crippen molar-refractivity contribution in [3.63, 3.8) is 0 Å². The molecule has 3 aliphatic heterocycles. The van der Waals surface area contributed by atoms with Gasteiger partial charge >= 0.3 is 0 Å². The molecule has 0 saturated carbocycles. The molecular formula is C24H30N3O3S2+. The maximum atomic E-state index is 11.9. The molecule has 0 aromatic heterocycles. The highest BCUT2D eigenvalue weighted by molar-refractivity contribution is 7.91. The molecule has 1 aliphatic carbocycles. The average molecular weight is 473 g/mol. The maximum Gasteiger partial charge on any atom is 0.201 e. The lowest BCUT2D eigenvalue weighted by molar-refractivity contribution is 0.0965. The molecule has 32 heavy (non-hydrogen) atoms. The van der Waals surface area contributed by atoms with Gasteiger partial charge in [0.2, 0.25) is 5.36 Å². The molecule has 0 N–H and O–H groups in total. The third-order valence-corrected chi connectivity index (χ3v) is 9.24. The highest BCUT2D eigenvalue weighted by Crippen LogP contribution is 2.36. The van der Waals surface area contributed by atoms with Gasteiger partial charge in [-0.15, -0.1) is 11.3 Å². The normalized spacial score (nSPS) is 19.1. The summed E-state index contributed by atoms with van der Waals surface area (Å²) in [6, 6.07) is 8.99. The van der Waals surface area contributed by atoms with Crippen molar-refractivity contribution in [1.82, 2.24) is 9.56 Å². The highest BCUT2D eigenvalue weighted by Gasteiger charge is 2.24. The molecule has 0 amide bonds. The van der Waals surface area contributed by atoms with E-state index in [0.717, 1.165) is 56.0 Å². The van der Waals surface area contributed by atoms with E-state index in [1.165, 1.54) is 26.1 Å². The number of hydrogen-bond acceptors (Lipinski definition) is 6. The number of benzene rings is 2. The minimum atomic E-state index is -2.90. The van der Waals surface area contributed by atoms with E-state index >= 15 is 0 Å². The summed E-state index contributed by atoms with van der Waals surface area (Å²) in [5.41, 5.74) is 5.81. The first-order chi connectivity index (χ1) is 15.5. The molecule has 1 aromatic rings. The molecule has 4 aliphatic rings. The molecule has 0 spiro atoms. The lowest BCUT2D eigenvalue weighted by Gasteiger charge is -2.29. The Morgan fingerprint density at radius 2 is 1.75 bits per heavy atom. The van der Waals surface area contributed by atoms with Crippen molar-refractivity contribution in [2.24, 2.45) is 0 Å². The van der Waals surface area contributed by atoms with E-state index in [1.807, 2.05) is 0 Å². The first-order valence-corrected chi connectivity index (χ1v) is 14.1. The monoisotopic (exact) mass is 472 g/mol. The molecule has 1 aromatic carbocycles. The molecule has 3 heterocycles. The molecule has 0 bridgehead atoms. The van der Waals surface area contributed by atoms with Gasteiger partial charge in [0.15, 0.2) is 22.9 Å². The van der Waals surface area contributed by atoms with Crippen LogP contribution in [0.5, 0.6) is 0 Å². The van der Waals surface area contributed by atoms with Gasteiger partial charge in [-0.1, -0.05) is 13.8 Å². The Hall–Kier alpha value is -2.03. The molecule has 2 fully saturated rings. The minimum absolute atomic E-state index is 0.231. The van der Waals surface area contributed by atoms with E-state index in [4.69, 9.17) is 9.72 Å². The van der Waals surface area contributed by atoms with Crippen LogP contribution < -0.4 is 14.8 Å². The topological polar surface area (TPSA) is 62.5 Å². The number of hydrogen-bond donors (Lipinski definition) is 0. The fourth-order valence-corrected chi connectivity index (χ4v) is 6.98. The van der Waals surface area contributed by atoms with Crippen LogP contribution in [0.1, 0.15) is 25.0 Å². The summed E-state index contributed by atoms with van der Waals surface area (Å²) < 4.78 is 32.9.